The van der Waals surface area contributed by atoms with E-state index in [1.807, 2.05) is 12.1 Å². The fourth-order valence-electron chi connectivity index (χ4n) is 3.24. The van der Waals surface area contributed by atoms with Crippen LogP contribution >= 0.6 is 0 Å². The summed E-state index contributed by atoms with van der Waals surface area (Å²) in [4.78, 5) is 7.96. The molecule has 2 aromatic heterocycles. The number of anilines is 1. The largest absolute Gasteiger partial charge is 0.416 e. The van der Waals surface area contributed by atoms with Gasteiger partial charge in [-0.05, 0) is 65.9 Å². The molecule has 188 valence electrons. The highest BCUT2D eigenvalue weighted by Gasteiger charge is 2.30. The van der Waals surface area contributed by atoms with Crippen LogP contribution in [-0.4, -0.2) is 9.97 Å². The third-order valence-electron chi connectivity index (χ3n) is 5.14. The SMILES string of the molecule is FC(F)(F)c1cccc(CCc2cccnc2)c1.NNc1ccc(-c2ccc(C(F)(F)F)cc2)cn1. The number of rotatable bonds is 5. The number of hydrogen-bond acceptors (Lipinski definition) is 4. The lowest BCUT2D eigenvalue weighted by Crippen LogP contribution is -2.07. The Morgan fingerprint density at radius 1 is 0.667 bits per heavy atom. The van der Waals surface area contributed by atoms with Gasteiger partial charge in [0.2, 0.25) is 0 Å². The van der Waals surface area contributed by atoms with Gasteiger partial charge in [0.25, 0.3) is 0 Å². The number of nitrogen functional groups attached to an aromatic ring is 1. The minimum atomic E-state index is -4.32. The van der Waals surface area contributed by atoms with E-state index >= 15 is 0 Å². The first-order valence-electron chi connectivity index (χ1n) is 10.7. The van der Waals surface area contributed by atoms with Gasteiger partial charge >= 0.3 is 12.4 Å². The zero-order chi connectivity index (χ0) is 26.2. The zero-order valence-corrected chi connectivity index (χ0v) is 18.8. The molecule has 4 rings (SSSR count). The normalized spacial score (nSPS) is 11.4. The average molecular weight is 504 g/mol. The van der Waals surface area contributed by atoms with Gasteiger partial charge in [-0.3, -0.25) is 4.98 Å². The molecule has 0 saturated carbocycles. The number of nitrogens with two attached hydrogens (primary N) is 1. The van der Waals surface area contributed by atoms with Gasteiger partial charge in [0.15, 0.2) is 0 Å². The number of hydrogen-bond donors (Lipinski definition) is 2. The summed E-state index contributed by atoms with van der Waals surface area (Å²) in [5, 5.41) is 0. The molecular weight excluding hydrogens is 482 g/mol. The molecule has 2 aromatic carbocycles. The van der Waals surface area contributed by atoms with Gasteiger partial charge in [0.05, 0.1) is 11.1 Å². The van der Waals surface area contributed by atoms with Gasteiger partial charge < -0.3 is 5.43 Å². The Bertz CT molecular complexity index is 1220. The highest BCUT2D eigenvalue weighted by molar-refractivity contribution is 5.64. The zero-order valence-electron chi connectivity index (χ0n) is 18.8. The molecule has 0 fully saturated rings. The number of alkyl halides is 6. The van der Waals surface area contributed by atoms with E-state index in [1.54, 1.807) is 30.6 Å². The molecule has 3 N–H and O–H groups in total. The third kappa shape index (κ3) is 7.81. The first kappa shape index (κ1) is 26.7. The van der Waals surface area contributed by atoms with Crippen molar-refractivity contribution in [3.63, 3.8) is 0 Å². The Morgan fingerprint density at radius 3 is 1.86 bits per heavy atom. The van der Waals surface area contributed by atoms with Crippen molar-refractivity contribution < 1.29 is 26.3 Å². The van der Waals surface area contributed by atoms with Crippen LogP contribution in [0.15, 0.2) is 91.4 Å². The molecule has 0 radical (unpaired) electrons. The van der Waals surface area contributed by atoms with E-state index in [9.17, 15) is 26.3 Å². The van der Waals surface area contributed by atoms with Crippen molar-refractivity contribution in [2.75, 3.05) is 5.43 Å². The molecule has 4 aromatic rings. The molecule has 0 aliphatic heterocycles. The molecule has 0 saturated heterocycles. The summed E-state index contributed by atoms with van der Waals surface area (Å²) in [5.74, 6) is 5.66. The van der Waals surface area contributed by atoms with E-state index in [-0.39, 0.29) is 0 Å². The lowest BCUT2D eigenvalue weighted by Gasteiger charge is -2.08. The Morgan fingerprint density at radius 2 is 1.31 bits per heavy atom. The number of aromatic nitrogens is 2. The minimum Gasteiger partial charge on any atom is -0.308 e. The summed E-state index contributed by atoms with van der Waals surface area (Å²) < 4.78 is 74.7. The second-order valence-corrected chi connectivity index (χ2v) is 7.71. The summed E-state index contributed by atoms with van der Waals surface area (Å²) in [6.45, 7) is 0. The van der Waals surface area contributed by atoms with Crippen molar-refractivity contribution in [1.82, 2.24) is 9.97 Å². The third-order valence-corrected chi connectivity index (χ3v) is 5.14. The van der Waals surface area contributed by atoms with E-state index in [2.05, 4.69) is 15.4 Å². The first-order chi connectivity index (χ1) is 17.1. The molecule has 0 aliphatic rings. The van der Waals surface area contributed by atoms with Gasteiger partial charge in [-0.2, -0.15) is 26.3 Å². The number of aryl methyl sites for hydroxylation is 2. The first-order valence-corrected chi connectivity index (χ1v) is 10.7. The van der Waals surface area contributed by atoms with Crippen LogP contribution in [0.2, 0.25) is 0 Å². The topological polar surface area (TPSA) is 63.8 Å². The highest BCUT2D eigenvalue weighted by atomic mass is 19.4. The molecular formula is C26H22F6N4. The van der Waals surface area contributed by atoms with Gasteiger partial charge in [-0.25, -0.2) is 10.8 Å². The minimum absolute atomic E-state index is 0.491. The Labute approximate surface area is 203 Å². The fourth-order valence-corrected chi connectivity index (χ4v) is 3.24. The second-order valence-electron chi connectivity index (χ2n) is 7.71. The van der Waals surface area contributed by atoms with Crippen LogP contribution in [-0.2, 0) is 25.2 Å². The molecule has 0 spiro atoms. The van der Waals surface area contributed by atoms with E-state index in [0.717, 1.165) is 29.3 Å². The monoisotopic (exact) mass is 504 g/mol. The van der Waals surface area contributed by atoms with Crippen molar-refractivity contribution in [2.45, 2.75) is 25.2 Å². The van der Waals surface area contributed by atoms with Crippen LogP contribution in [0.1, 0.15) is 22.3 Å². The maximum Gasteiger partial charge on any atom is 0.416 e. The van der Waals surface area contributed by atoms with Gasteiger partial charge in [-0.1, -0.05) is 36.4 Å². The predicted molar refractivity (Wildman–Crippen MR) is 126 cm³/mol. The number of nitrogens with zero attached hydrogens (tertiary/aromatic N) is 2. The fraction of sp³-hybridized carbons (Fsp3) is 0.154. The number of nitrogens with one attached hydrogen (secondary N) is 1. The van der Waals surface area contributed by atoms with Crippen molar-refractivity contribution in [3.8, 4) is 11.1 Å². The number of benzene rings is 2. The van der Waals surface area contributed by atoms with Crippen LogP contribution in [0, 0.1) is 0 Å². The Kier molecular flexibility index (Phi) is 8.65. The number of pyridine rings is 2. The number of hydrazine groups is 1. The van der Waals surface area contributed by atoms with E-state index < -0.39 is 23.5 Å². The maximum absolute atomic E-state index is 12.5. The van der Waals surface area contributed by atoms with E-state index in [1.165, 1.54) is 30.5 Å². The molecule has 0 aliphatic carbocycles. The average Bonchev–Trinajstić information content (AvgIpc) is 2.88. The van der Waals surface area contributed by atoms with Gasteiger partial charge in [0, 0.05) is 24.2 Å². The molecule has 0 atom stereocenters. The molecule has 0 bridgehead atoms. The predicted octanol–water partition coefficient (Wildman–Crippen LogP) is 6.94. The van der Waals surface area contributed by atoms with Gasteiger partial charge in [0.1, 0.15) is 5.82 Å². The quantitative estimate of drug-likeness (QED) is 0.176. The van der Waals surface area contributed by atoms with Crippen LogP contribution < -0.4 is 11.3 Å². The van der Waals surface area contributed by atoms with Crippen LogP contribution in [0.5, 0.6) is 0 Å². The molecule has 36 heavy (non-hydrogen) atoms. The molecule has 0 amide bonds. The smallest absolute Gasteiger partial charge is 0.308 e. The number of halogens is 6. The summed E-state index contributed by atoms with van der Waals surface area (Å²) in [6, 6.07) is 17.5. The molecule has 10 heteroatoms. The van der Waals surface area contributed by atoms with E-state index in [0.29, 0.717) is 29.8 Å². The van der Waals surface area contributed by atoms with Crippen molar-refractivity contribution >= 4 is 5.82 Å². The summed E-state index contributed by atoms with van der Waals surface area (Å²) in [6.07, 6.45) is -2.38. The second kappa shape index (κ2) is 11.7. The summed E-state index contributed by atoms with van der Waals surface area (Å²) in [5.41, 5.74) is 4.22. The van der Waals surface area contributed by atoms with Crippen LogP contribution in [0.4, 0.5) is 32.2 Å². The maximum atomic E-state index is 12.5. The Hall–Kier alpha value is -3.92. The standard InChI is InChI=1S/C14H12F3N.C12H10F3N3/c15-14(16,17)13-5-1-3-11(9-13)6-7-12-4-2-8-18-10-12;13-12(14,15)10-4-1-8(2-5-10)9-3-6-11(18-16)17-7-9/h1-5,8-10H,6-7H2;1-7H,16H2,(H,17,18). The van der Waals surface area contributed by atoms with Crippen molar-refractivity contribution in [1.29, 1.82) is 0 Å². The summed E-state index contributed by atoms with van der Waals surface area (Å²) >= 11 is 0. The van der Waals surface area contributed by atoms with Crippen molar-refractivity contribution in [3.05, 3.63) is 114 Å². The molecule has 4 nitrogen and oxygen atoms in total. The molecule has 2 heterocycles. The molecule has 0 unspecified atom stereocenters. The van der Waals surface area contributed by atoms with Crippen LogP contribution in [0.25, 0.3) is 11.1 Å². The Balaban J connectivity index is 0.000000201. The van der Waals surface area contributed by atoms with Crippen molar-refractivity contribution in [2.24, 2.45) is 5.84 Å². The van der Waals surface area contributed by atoms with Crippen LogP contribution in [0.3, 0.4) is 0 Å². The lowest BCUT2D eigenvalue weighted by atomic mass is 10.0. The highest BCUT2D eigenvalue weighted by Crippen LogP contribution is 2.31. The lowest BCUT2D eigenvalue weighted by molar-refractivity contribution is -0.138. The summed E-state index contributed by atoms with van der Waals surface area (Å²) in [7, 11) is 0. The van der Waals surface area contributed by atoms with E-state index in [4.69, 9.17) is 5.84 Å². The van der Waals surface area contributed by atoms with Gasteiger partial charge in [-0.15, -0.1) is 0 Å².